The lowest BCUT2D eigenvalue weighted by Gasteiger charge is -2.03. The van der Waals surface area contributed by atoms with Crippen LogP contribution in [0, 0.1) is 6.92 Å². The van der Waals surface area contributed by atoms with Gasteiger partial charge in [0.05, 0.1) is 5.69 Å². The first-order valence-electron chi connectivity index (χ1n) is 7.81. The van der Waals surface area contributed by atoms with Gasteiger partial charge in [0.15, 0.2) is 5.13 Å². The van der Waals surface area contributed by atoms with Crippen molar-refractivity contribution in [3.63, 3.8) is 0 Å². The summed E-state index contributed by atoms with van der Waals surface area (Å²) in [6.45, 7) is 6.53. The maximum atomic E-state index is 12.3. The van der Waals surface area contributed by atoms with E-state index >= 15 is 0 Å². The number of carbonyl (C=O) groups excluding carboxylic acids is 1. The molecule has 0 aromatic carbocycles. The number of hydrogen-bond donors (Lipinski definition) is 2. The number of nitrogens with one attached hydrogen (secondary N) is 1. The van der Waals surface area contributed by atoms with Crippen molar-refractivity contribution in [3.05, 3.63) is 51.9 Å². The van der Waals surface area contributed by atoms with Crippen LogP contribution in [0.1, 0.15) is 28.2 Å². The molecule has 0 atom stereocenters. The largest absolute Gasteiger partial charge is 0.508 e. The summed E-state index contributed by atoms with van der Waals surface area (Å²) in [4.78, 5) is 33.0. The second-order valence-electron chi connectivity index (χ2n) is 5.26. The number of aliphatic imine (C=N–C) groups is 1. The molecule has 25 heavy (non-hydrogen) atoms. The van der Waals surface area contributed by atoms with Crippen LogP contribution in [0.3, 0.4) is 0 Å². The van der Waals surface area contributed by atoms with E-state index in [1.54, 1.807) is 19.2 Å². The fourth-order valence-electron chi connectivity index (χ4n) is 2.08. The van der Waals surface area contributed by atoms with Gasteiger partial charge in [0.2, 0.25) is 0 Å². The highest BCUT2D eigenvalue weighted by molar-refractivity contribution is 7.16. The Hall–Kier alpha value is -2.74. The normalized spacial score (nSPS) is 10.9. The molecule has 0 fully saturated rings. The fraction of sp³-hybridized carbons (Fsp3) is 0.294. The summed E-state index contributed by atoms with van der Waals surface area (Å²) in [6, 6.07) is 2.50. The molecule has 2 N–H and O–H groups in total. The van der Waals surface area contributed by atoms with E-state index in [0.717, 1.165) is 30.2 Å². The van der Waals surface area contributed by atoms with Crippen molar-refractivity contribution >= 4 is 23.5 Å². The van der Waals surface area contributed by atoms with Crippen LogP contribution in [0.5, 0.6) is 5.75 Å². The van der Waals surface area contributed by atoms with Crippen molar-refractivity contribution in [2.45, 2.75) is 19.8 Å². The maximum Gasteiger partial charge on any atom is 0.263 e. The summed E-state index contributed by atoms with van der Waals surface area (Å²) < 4.78 is 1.30. The van der Waals surface area contributed by atoms with Crippen LogP contribution >= 0.6 is 11.3 Å². The molecule has 0 radical (unpaired) electrons. The highest BCUT2D eigenvalue weighted by Crippen LogP contribution is 2.21. The topological polar surface area (TPSA) is 96.6 Å². The van der Waals surface area contributed by atoms with Gasteiger partial charge in [0.25, 0.3) is 11.5 Å². The molecule has 2 aromatic heterocycles. The van der Waals surface area contributed by atoms with Gasteiger partial charge in [0.1, 0.15) is 10.6 Å². The van der Waals surface area contributed by atoms with Gasteiger partial charge < -0.3 is 10.4 Å². The van der Waals surface area contributed by atoms with Crippen LogP contribution in [-0.4, -0.2) is 39.9 Å². The number of aryl methyl sites for hydroxylation is 1. The third-order valence-electron chi connectivity index (χ3n) is 3.31. The fourth-order valence-corrected chi connectivity index (χ4v) is 3.05. The average Bonchev–Trinajstić information content (AvgIpc) is 2.95. The number of rotatable bonds is 8. The van der Waals surface area contributed by atoms with Crippen molar-refractivity contribution in [3.8, 4) is 10.9 Å². The molecule has 132 valence electrons. The summed E-state index contributed by atoms with van der Waals surface area (Å²) in [5.74, 6) is -0.312. The van der Waals surface area contributed by atoms with E-state index in [-0.39, 0.29) is 11.7 Å². The molecule has 0 saturated carbocycles. The van der Waals surface area contributed by atoms with Crippen molar-refractivity contribution in [1.82, 2.24) is 14.9 Å². The molecule has 0 aliphatic heterocycles. The van der Waals surface area contributed by atoms with E-state index in [0.29, 0.717) is 28.8 Å². The maximum absolute atomic E-state index is 12.3. The number of amides is 1. The van der Waals surface area contributed by atoms with Gasteiger partial charge in [-0.25, -0.2) is 4.98 Å². The summed E-state index contributed by atoms with van der Waals surface area (Å²) >= 11 is 1.14. The summed E-state index contributed by atoms with van der Waals surface area (Å²) in [5.41, 5.74) is 0.161. The number of unbranched alkanes of at least 4 members (excludes halogenated alkanes) is 1. The minimum atomic E-state index is -0.402. The number of pyridine rings is 1. The first-order valence-corrected chi connectivity index (χ1v) is 8.63. The van der Waals surface area contributed by atoms with E-state index in [1.165, 1.54) is 16.8 Å². The zero-order valence-corrected chi connectivity index (χ0v) is 14.8. The second kappa shape index (κ2) is 8.93. The molecule has 7 nitrogen and oxygen atoms in total. The zero-order valence-electron chi connectivity index (χ0n) is 13.9. The Balaban J connectivity index is 1.97. The van der Waals surface area contributed by atoms with Gasteiger partial charge >= 0.3 is 0 Å². The van der Waals surface area contributed by atoms with E-state index in [9.17, 15) is 14.7 Å². The van der Waals surface area contributed by atoms with Gasteiger partial charge in [-0.05, 0) is 25.8 Å². The molecule has 0 bridgehead atoms. The third kappa shape index (κ3) is 5.12. The summed E-state index contributed by atoms with van der Waals surface area (Å²) in [7, 11) is 0. The highest BCUT2D eigenvalue weighted by Gasteiger charge is 2.16. The standard InChI is InChI=1S/C17H20N4O3S/c1-3-7-18-8-4-5-9-19-16(24)15-12(2)20-17(25-15)21-10-6-13(22)11-14(21)23/h3,6-7,10-11,22H,1,4-5,8-9H2,2H3,(H,19,24)/b18-7-. The SMILES string of the molecule is C=C/C=N\CCCCNC(=O)c1sc(-n2ccc(O)cc2=O)nc1C. The lowest BCUT2D eigenvalue weighted by Crippen LogP contribution is -2.24. The number of hydrogen-bond acceptors (Lipinski definition) is 6. The predicted molar refractivity (Wildman–Crippen MR) is 99.2 cm³/mol. The number of nitrogens with zero attached hydrogens (tertiary/aromatic N) is 3. The number of carbonyl (C=O) groups is 1. The molecule has 0 saturated heterocycles. The Kier molecular flexibility index (Phi) is 6.64. The summed E-state index contributed by atoms with van der Waals surface area (Å²) in [6.07, 6.45) is 6.42. The van der Waals surface area contributed by atoms with Crippen LogP contribution in [0.25, 0.3) is 5.13 Å². The van der Waals surface area contributed by atoms with Crippen LogP contribution < -0.4 is 10.9 Å². The number of aromatic nitrogens is 2. The van der Waals surface area contributed by atoms with Crippen molar-refractivity contribution < 1.29 is 9.90 Å². The molecule has 0 aliphatic carbocycles. The van der Waals surface area contributed by atoms with Gasteiger partial charge in [0, 0.05) is 31.6 Å². The van der Waals surface area contributed by atoms with E-state index < -0.39 is 5.56 Å². The molecule has 0 spiro atoms. The highest BCUT2D eigenvalue weighted by atomic mass is 32.1. The Bertz CT molecular complexity index is 839. The van der Waals surface area contributed by atoms with Crippen molar-refractivity contribution in [2.75, 3.05) is 13.1 Å². The van der Waals surface area contributed by atoms with Gasteiger partial charge in [-0.15, -0.1) is 0 Å². The smallest absolute Gasteiger partial charge is 0.263 e. The lowest BCUT2D eigenvalue weighted by molar-refractivity contribution is 0.0956. The minimum absolute atomic E-state index is 0.107. The number of thiazole rings is 1. The Morgan fingerprint density at radius 3 is 3.04 bits per heavy atom. The van der Waals surface area contributed by atoms with E-state index in [1.807, 2.05) is 0 Å². The monoisotopic (exact) mass is 360 g/mol. The molecule has 0 aliphatic rings. The molecule has 1 amide bonds. The first kappa shape index (κ1) is 18.6. The van der Waals surface area contributed by atoms with Crippen LogP contribution in [-0.2, 0) is 0 Å². The molecular weight excluding hydrogens is 340 g/mol. The van der Waals surface area contributed by atoms with E-state index in [4.69, 9.17) is 0 Å². The zero-order chi connectivity index (χ0) is 18.2. The van der Waals surface area contributed by atoms with Crippen LogP contribution in [0.4, 0.5) is 0 Å². The number of aromatic hydroxyl groups is 1. The Labute approximate surface area is 149 Å². The molecular formula is C17H20N4O3S. The molecule has 2 rings (SSSR count). The van der Waals surface area contributed by atoms with Crippen LogP contribution in [0.2, 0.25) is 0 Å². The lowest BCUT2D eigenvalue weighted by atomic mass is 10.3. The van der Waals surface area contributed by atoms with Crippen LogP contribution in [0.15, 0.2) is 40.8 Å². The molecule has 2 heterocycles. The third-order valence-corrected chi connectivity index (χ3v) is 4.47. The van der Waals surface area contributed by atoms with Gasteiger partial charge in [-0.1, -0.05) is 24.0 Å². The predicted octanol–water partition coefficient (Wildman–Crippen LogP) is 2.07. The van der Waals surface area contributed by atoms with E-state index in [2.05, 4.69) is 21.9 Å². The minimum Gasteiger partial charge on any atom is -0.508 e. The second-order valence-corrected chi connectivity index (χ2v) is 6.24. The Morgan fingerprint density at radius 2 is 2.32 bits per heavy atom. The molecule has 2 aromatic rings. The summed E-state index contributed by atoms with van der Waals surface area (Å²) in [5, 5.41) is 12.6. The van der Waals surface area contributed by atoms with Gasteiger partial charge in [-0.3, -0.25) is 19.1 Å². The first-order chi connectivity index (χ1) is 12.0. The average molecular weight is 360 g/mol. The van der Waals surface area contributed by atoms with Gasteiger partial charge in [-0.2, -0.15) is 0 Å². The molecule has 8 heteroatoms. The Morgan fingerprint density at radius 1 is 1.52 bits per heavy atom. The molecule has 0 unspecified atom stereocenters. The van der Waals surface area contributed by atoms with Crippen molar-refractivity contribution in [2.24, 2.45) is 4.99 Å². The quantitative estimate of drug-likeness (QED) is 0.556. The van der Waals surface area contributed by atoms with Crippen molar-refractivity contribution in [1.29, 1.82) is 0 Å². The number of allylic oxidation sites excluding steroid dienone is 1.